The number of hydrogen-bond donors (Lipinski definition) is 2. The molecule has 2 heterocycles. The first-order valence-corrected chi connectivity index (χ1v) is 5.98. The summed E-state index contributed by atoms with van der Waals surface area (Å²) < 4.78 is 0. The summed E-state index contributed by atoms with van der Waals surface area (Å²) in [6.45, 7) is 0. The van der Waals surface area contributed by atoms with Crippen molar-refractivity contribution < 1.29 is 19.2 Å². The van der Waals surface area contributed by atoms with Crippen LogP contribution in [0.25, 0.3) is 0 Å². The van der Waals surface area contributed by atoms with E-state index in [2.05, 4.69) is 14.8 Å². The number of hydrogen-bond acceptors (Lipinski definition) is 7. The van der Waals surface area contributed by atoms with E-state index in [-0.39, 0.29) is 29.6 Å². The molecule has 0 unspecified atom stereocenters. The largest absolute Gasteiger partial charge is 0.383 e. The fourth-order valence-electron chi connectivity index (χ4n) is 1.31. The van der Waals surface area contributed by atoms with E-state index in [4.69, 9.17) is 11.5 Å². The van der Waals surface area contributed by atoms with Crippen LogP contribution in [-0.2, 0) is 14.4 Å². The second-order valence-corrected chi connectivity index (χ2v) is 4.35. The number of amides is 2. The van der Waals surface area contributed by atoms with Crippen molar-refractivity contribution in [3.63, 3.8) is 0 Å². The number of carbonyl (C=O) groups is 3. The van der Waals surface area contributed by atoms with Crippen molar-refractivity contribution in [3.8, 4) is 0 Å². The zero-order valence-corrected chi connectivity index (χ0v) is 10.3. The van der Waals surface area contributed by atoms with Crippen LogP contribution in [0.5, 0.6) is 0 Å². The molecule has 0 aromatic carbocycles. The van der Waals surface area contributed by atoms with Crippen molar-refractivity contribution in [3.05, 3.63) is 11.1 Å². The summed E-state index contributed by atoms with van der Waals surface area (Å²) >= 11 is 1.02. The molecule has 1 aromatic rings. The number of carbonyl (C=O) groups excluding carboxylic acids is 3. The highest BCUT2D eigenvalue weighted by Crippen LogP contribution is 2.20. The smallest absolute Gasteiger partial charge is 0.370 e. The van der Waals surface area contributed by atoms with E-state index in [1.807, 2.05) is 0 Å². The standard InChI is InChI=1S/C9H9N5O4S/c10-8(11)13-9-12-4(3-19-9)7(17)18-14-5(15)1-2-6(14)16/h3H,1-2H2,(H4,10,11,12,13). The molecule has 2 amide bonds. The molecule has 0 radical (unpaired) electrons. The molecular weight excluding hydrogens is 274 g/mol. The lowest BCUT2D eigenvalue weighted by atomic mass is 10.4. The van der Waals surface area contributed by atoms with Crippen molar-refractivity contribution >= 4 is 40.2 Å². The number of nitrogens with zero attached hydrogens (tertiary/aromatic N) is 3. The number of aliphatic imine (C=N–C) groups is 1. The molecule has 0 atom stereocenters. The summed E-state index contributed by atoms with van der Waals surface area (Å²) in [4.78, 5) is 46.3. The Balaban J connectivity index is 2.08. The number of guanidine groups is 1. The second kappa shape index (κ2) is 5.02. The number of nitrogens with two attached hydrogens (primary N) is 2. The van der Waals surface area contributed by atoms with Gasteiger partial charge in [0.25, 0.3) is 11.8 Å². The minimum Gasteiger partial charge on any atom is -0.370 e. The lowest BCUT2D eigenvalue weighted by Crippen LogP contribution is -2.32. The molecule has 19 heavy (non-hydrogen) atoms. The SMILES string of the molecule is NC(N)=Nc1nc(C(=O)ON2C(=O)CCC2=O)cs1. The van der Waals surface area contributed by atoms with E-state index in [9.17, 15) is 14.4 Å². The molecule has 1 aliphatic rings. The summed E-state index contributed by atoms with van der Waals surface area (Å²) in [5, 5.41) is 1.97. The van der Waals surface area contributed by atoms with Gasteiger partial charge in [-0.25, -0.2) is 9.78 Å². The molecule has 0 spiro atoms. The highest BCUT2D eigenvalue weighted by atomic mass is 32.1. The summed E-state index contributed by atoms with van der Waals surface area (Å²) in [6.07, 6.45) is 0.0604. The fraction of sp³-hybridized carbons (Fsp3) is 0.222. The normalized spacial score (nSPS) is 14.6. The lowest BCUT2D eigenvalue weighted by Gasteiger charge is -2.10. The van der Waals surface area contributed by atoms with Crippen molar-refractivity contribution in [1.82, 2.24) is 10.0 Å². The van der Waals surface area contributed by atoms with Crippen LogP contribution in [0.3, 0.4) is 0 Å². The Morgan fingerprint density at radius 3 is 2.58 bits per heavy atom. The maximum absolute atomic E-state index is 11.7. The highest BCUT2D eigenvalue weighted by molar-refractivity contribution is 7.13. The minimum atomic E-state index is -0.920. The molecule has 9 nitrogen and oxygen atoms in total. The Hall–Kier alpha value is -2.49. The van der Waals surface area contributed by atoms with Gasteiger partial charge in [0.2, 0.25) is 5.13 Å². The second-order valence-electron chi connectivity index (χ2n) is 3.51. The number of thiazole rings is 1. The molecule has 1 aliphatic heterocycles. The third kappa shape index (κ3) is 2.85. The van der Waals surface area contributed by atoms with Crippen LogP contribution in [0.2, 0.25) is 0 Å². The van der Waals surface area contributed by atoms with Crippen molar-refractivity contribution in [1.29, 1.82) is 0 Å². The monoisotopic (exact) mass is 283 g/mol. The summed E-state index contributed by atoms with van der Waals surface area (Å²) in [7, 11) is 0. The maximum atomic E-state index is 11.7. The van der Waals surface area contributed by atoms with Gasteiger partial charge in [0.1, 0.15) is 0 Å². The Kier molecular flexibility index (Phi) is 3.42. The Morgan fingerprint density at radius 1 is 1.37 bits per heavy atom. The molecule has 100 valence electrons. The Morgan fingerprint density at radius 2 is 2.00 bits per heavy atom. The van der Waals surface area contributed by atoms with Crippen molar-refractivity contribution in [2.75, 3.05) is 0 Å². The summed E-state index contributed by atoms with van der Waals surface area (Å²) in [6, 6.07) is 0. The van der Waals surface area contributed by atoms with Crippen LogP contribution < -0.4 is 11.5 Å². The lowest BCUT2D eigenvalue weighted by molar-refractivity contribution is -0.172. The number of hydroxylamine groups is 2. The zero-order chi connectivity index (χ0) is 14.0. The fourth-order valence-corrected chi connectivity index (χ4v) is 1.98. The van der Waals surface area contributed by atoms with E-state index in [0.717, 1.165) is 11.3 Å². The van der Waals surface area contributed by atoms with Gasteiger partial charge in [-0.1, -0.05) is 0 Å². The van der Waals surface area contributed by atoms with Gasteiger partial charge >= 0.3 is 5.97 Å². The first-order valence-electron chi connectivity index (χ1n) is 5.10. The van der Waals surface area contributed by atoms with Crippen molar-refractivity contribution in [2.45, 2.75) is 12.8 Å². The average Bonchev–Trinajstić information content (AvgIpc) is 2.90. The van der Waals surface area contributed by atoms with Crippen LogP contribution in [0.15, 0.2) is 10.4 Å². The molecule has 4 N–H and O–H groups in total. The Labute approximate surface area is 110 Å². The molecule has 0 saturated carbocycles. The van der Waals surface area contributed by atoms with Gasteiger partial charge in [0, 0.05) is 18.2 Å². The van der Waals surface area contributed by atoms with Gasteiger partial charge in [-0.15, -0.1) is 16.4 Å². The molecule has 1 aromatic heterocycles. The molecule has 0 bridgehead atoms. The summed E-state index contributed by atoms with van der Waals surface area (Å²) in [5.41, 5.74) is 10.2. The van der Waals surface area contributed by atoms with Crippen LogP contribution in [0.1, 0.15) is 23.3 Å². The summed E-state index contributed by atoms with van der Waals surface area (Å²) in [5.74, 6) is -2.23. The number of rotatable bonds is 3. The van der Waals surface area contributed by atoms with Gasteiger partial charge < -0.3 is 16.3 Å². The minimum absolute atomic E-state index is 0.0302. The van der Waals surface area contributed by atoms with E-state index >= 15 is 0 Å². The van der Waals surface area contributed by atoms with E-state index in [1.54, 1.807) is 0 Å². The van der Waals surface area contributed by atoms with Crippen LogP contribution in [-0.4, -0.2) is 33.8 Å². The quantitative estimate of drug-likeness (QED) is 0.423. The van der Waals surface area contributed by atoms with Gasteiger partial charge in [0.15, 0.2) is 11.7 Å². The number of imide groups is 1. The van der Waals surface area contributed by atoms with Crippen LogP contribution in [0.4, 0.5) is 5.13 Å². The predicted octanol–water partition coefficient (Wildman–Crippen LogP) is -0.731. The van der Waals surface area contributed by atoms with Crippen LogP contribution in [0, 0.1) is 0 Å². The molecule has 10 heteroatoms. The van der Waals surface area contributed by atoms with Crippen molar-refractivity contribution in [2.24, 2.45) is 16.5 Å². The average molecular weight is 283 g/mol. The molecule has 2 rings (SSSR count). The van der Waals surface area contributed by atoms with E-state index in [0.29, 0.717) is 5.06 Å². The van der Waals surface area contributed by atoms with Gasteiger partial charge in [0.05, 0.1) is 0 Å². The van der Waals surface area contributed by atoms with E-state index in [1.165, 1.54) is 5.38 Å². The number of aromatic nitrogens is 1. The third-order valence-electron chi connectivity index (χ3n) is 2.11. The zero-order valence-electron chi connectivity index (χ0n) is 9.53. The Bertz CT molecular complexity index is 561. The molecular formula is C9H9N5O4S. The first-order chi connectivity index (χ1) is 8.97. The molecule has 1 saturated heterocycles. The first kappa shape index (κ1) is 13.0. The maximum Gasteiger partial charge on any atom is 0.383 e. The van der Waals surface area contributed by atoms with Gasteiger partial charge in [-0.2, -0.15) is 4.99 Å². The van der Waals surface area contributed by atoms with Gasteiger partial charge in [-0.05, 0) is 0 Å². The third-order valence-corrected chi connectivity index (χ3v) is 2.84. The van der Waals surface area contributed by atoms with E-state index < -0.39 is 17.8 Å². The van der Waals surface area contributed by atoms with Crippen LogP contribution >= 0.6 is 11.3 Å². The molecule has 0 aliphatic carbocycles. The van der Waals surface area contributed by atoms with Gasteiger partial charge in [-0.3, -0.25) is 9.59 Å². The molecule has 1 fully saturated rings. The predicted molar refractivity (Wildman–Crippen MR) is 64.1 cm³/mol. The highest BCUT2D eigenvalue weighted by Gasteiger charge is 2.33. The topological polar surface area (TPSA) is 141 Å².